The predicted octanol–water partition coefficient (Wildman–Crippen LogP) is 7.08. The molecular weight excluding hydrogens is 447 g/mol. The molecule has 31 heavy (non-hydrogen) atoms. The Morgan fingerprint density at radius 3 is 2.55 bits per heavy atom. The van der Waals surface area contributed by atoms with Gasteiger partial charge >= 0.3 is 6.18 Å². The van der Waals surface area contributed by atoms with Gasteiger partial charge in [0.05, 0.1) is 33.7 Å². The molecule has 9 heteroatoms. The summed E-state index contributed by atoms with van der Waals surface area (Å²) in [5.74, 6) is -0.140. The second-order valence-corrected chi connectivity index (χ2v) is 8.80. The Hall–Kier alpha value is -2.06. The van der Waals surface area contributed by atoms with E-state index in [1.165, 1.54) is 23.8 Å². The lowest BCUT2D eigenvalue weighted by Crippen LogP contribution is -2.18. The topological polar surface area (TPSA) is 59.3 Å². The minimum absolute atomic E-state index is 0.140. The number of hydrogen-bond acceptors (Lipinski definition) is 5. The number of nitrogens with two attached hydrogens (primary N) is 1. The lowest BCUT2D eigenvalue weighted by atomic mass is 10.1. The molecule has 0 saturated carbocycles. The molecule has 4 N–H and O–H groups in total. The fraction of sp³-hybridized carbons (Fsp3) is 0.455. The minimum atomic E-state index is -4.50. The van der Waals surface area contributed by atoms with Crippen LogP contribution in [-0.2, 0) is 6.18 Å². The van der Waals surface area contributed by atoms with Gasteiger partial charge in [-0.05, 0) is 36.8 Å². The van der Waals surface area contributed by atoms with E-state index in [0.29, 0.717) is 15.7 Å². The third kappa shape index (κ3) is 8.91. The molecule has 1 aromatic carbocycles. The molecule has 0 atom stereocenters. The van der Waals surface area contributed by atoms with E-state index in [1.54, 1.807) is 24.4 Å². The Morgan fingerprint density at radius 2 is 1.87 bits per heavy atom. The van der Waals surface area contributed by atoms with Crippen LogP contribution < -0.4 is 21.1 Å². The van der Waals surface area contributed by atoms with Crippen LogP contribution in [0.4, 0.5) is 18.9 Å². The third-order valence-electron chi connectivity index (χ3n) is 4.55. The van der Waals surface area contributed by atoms with Crippen LogP contribution in [-0.4, -0.2) is 13.3 Å². The highest BCUT2D eigenvalue weighted by molar-refractivity contribution is 7.17. The number of benzene rings is 1. The first-order valence-corrected chi connectivity index (χ1v) is 11.5. The minimum Gasteiger partial charge on any atom is -0.493 e. The fourth-order valence-electron chi connectivity index (χ4n) is 2.91. The first kappa shape index (κ1) is 25.2. The summed E-state index contributed by atoms with van der Waals surface area (Å²) >= 11 is 7.22. The van der Waals surface area contributed by atoms with Crippen LogP contribution in [0.3, 0.4) is 0 Å². The van der Waals surface area contributed by atoms with Gasteiger partial charge in [-0.3, -0.25) is 0 Å². The number of rotatable bonds is 13. The number of unbranched alkanes of at least 4 members (excludes halogenated alkanes) is 5. The molecule has 0 aliphatic heterocycles. The smallest absolute Gasteiger partial charge is 0.420 e. The average molecular weight is 476 g/mol. The van der Waals surface area contributed by atoms with E-state index in [1.807, 2.05) is 0 Å². The first-order valence-electron chi connectivity index (χ1n) is 10.3. The van der Waals surface area contributed by atoms with Crippen LogP contribution in [0.15, 0.2) is 36.5 Å². The summed E-state index contributed by atoms with van der Waals surface area (Å²) in [7, 11) is 0. The molecule has 4 nitrogen and oxygen atoms in total. The number of ether oxygens (including phenoxy) is 1. The Kier molecular flexibility index (Phi) is 10.3. The number of hydrogen-bond donors (Lipinski definition) is 3. The Morgan fingerprint density at radius 1 is 1.13 bits per heavy atom. The summed E-state index contributed by atoms with van der Waals surface area (Å²) in [4.78, 5) is 0.809. The lowest BCUT2D eigenvalue weighted by molar-refractivity contribution is -0.138. The quantitative estimate of drug-likeness (QED) is 0.214. The zero-order chi connectivity index (χ0) is 22.7. The van der Waals surface area contributed by atoms with E-state index in [9.17, 15) is 13.2 Å². The van der Waals surface area contributed by atoms with Gasteiger partial charge < -0.3 is 21.1 Å². The molecule has 0 aliphatic rings. The lowest BCUT2D eigenvalue weighted by Gasteiger charge is -2.16. The maximum atomic E-state index is 13.5. The number of halogens is 4. The van der Waals surface area contributed by atoms with Crippen molar-refractivity contribution in [3.8, 4) is 5.75 Å². The summed E-state index contributed by atoms with van der Waals surface area (Å²) in [5, 5.41) is 5.83. The van der Waals surface area contributed by atoms with Gasteiger partial charge in [-0.2, -0.15) is 13.2 Å². The zero-order valence-electron chi connectivity index (χ0n) is 17.5. The predicted molar refractivity (Wildman–Crippen MR) is 123 cm³/mol. The van der Waals surface area contributed by atoms with Gasteiger partial charge in [0.1, 0.15) is 5.75 Å². The van der Waals surface area contributed by atoms with E-state index in [4.69, 9.17) is 22.1 Å². The number of alkyl halides is 3. The molecule has 172 valence electrons. The van der Waals surface area contributed by atoms with Gasteiger partial charge in [-0.15, -0.1) is 11.3 Å². The Bertz CT molecular complexity index is 840. The van der Waals surface area contributed by atoms with Crippen molar-refractivity contribution < 1.29 is 17.9 Å². The monoisotopic (exact) mass is 475 g/mol. The number of anilines is 1. The molecule has 0 saturated heterocycles. The van der Waals surface area contributed by atoms with Crippen LogP contribution in [0.1, 0.15) is 55.9 Å². The molecule has 0 amide bonds. The van der Waals surface area contributed by atoms with Gasteiger partial charge in [0.15, 0.2) is 0 Å². The highest BCUT2D eigenvalue weighted by Gasteiger charge is 2.34. The molecule has 0 fully saturated rings. The third-order valence-corrected chi connectivity index (χ3v) is 5.83. The maximum Gasteiger partial charge on any atom is 0.420 e. The van der Waals surface area contributed by atoms with Crippen LogP contribution in [0, 0.1) is 0 Å². The Balaban J connectivity index is 1.87. The molecule has 0 radical (unpaired) electrons. The van der Waals surface area contributed by atoms with E-state index in [2.05, 4.69) is 17.6 Å². The molecule has 0 bridgehead atoms. The van der Waals surface area contributed by atoms with Crippen molar-refractivity contribution in [3.63, 3.8) is 0 Å². The van der Waals surface area contributed by atoms with Gasteiger partial charge in [0.2, 0.25) is 0 Å². The van der Waals surface area contributed by atoms with Crippen molar-refractivity contribution in [2.45, 2.75) is 51.6 Å². The van der Waals surface area contributed by atoms with Gasteiger partial charge in [-0.25, -0.2) is 0 Å². The van der Waals surface area contributed by atoms with Gasteiger partial charge in [0.25, 0.3) is 0 Å². The molecule has 1 aromatic heterocycles. The van der Waals surface area contributed by atoms with E-state index >= 15 is 0 Å². The number of thiophene rings is 1. The molecule has 1 heterocycles. The van der Waals surface area contributed by atoms with Crippen LogP contribution in [0.25, 0.3) is 5.70 Å². The second kappa shape index (κ2) is 12.7. The molecule has 2 aromatic rings. The first-order chi connectivity index (χ1) is 14.8. The molecule has 0 unspecified atom stereocenters. The van der Waals surface area contributed by atoms with Crippen molar-refractivity contribution in [1.29, 1.82) is 0 Å². The largest absolute Gasteiger partial charge is 0.493 e. The zero-order valence-corrected chi connectivity index (χ0v) is 19.1. The highest BCUT2D eigenvalue weighted by atomic mass is 35.5. The maximum absolute atomic E-state index is 13.5. The molecule has 2 rings (SSSR count). The summed E-state index contributed by atoms with van der Waals surface area (Å²) in [6.45, 7) is 2.62. The van der Waals surface area contributed by atoms with Crippen molar-refractivity contribution in [1.82, 2.24) is 5.32 Å². The van der Waals surface area contributed by atoms with Crippen molar-refractivity contribution in [2.24, 2.45) is 5.73 Å². The summed E-state index contributed by atoms with van der Waals surface area (Å²) in [5.41, 5.74) is 5.98. The van der Waals surface area contributed by atoms with Gasteiger partial charge in [0, 0.05) is 11.9 Å². The van der Waals surface area contributed by atoms with Crippen molar-refractivity contribution >= 4 is 34.3 Å². The van der Waals surface area contributed by atoms with Crippen molar-refractivity contribution in [2.75, 3.05) is 18.6 Å². The number of nitrogens with one attached hydrogen (secondary N) is 2. The second-order valence-electron chi connectivity index (χ2n) is 7.09. The molecule has 0 aliphatic carbocycles. The Labute approximate surface area is 190 Å². The standard InChI is InChI=1S/C22H29ClF3N3OS/c1-2-3-4-5-6-7-12-30-19-9-8-16(13-17(19)22(24,25)26)29-15-28-14-18(27)20-10-11-21(23)31-20/h8-11,13-14,28-29H,2-7,12,15,27H2,1H3/b18-14-. The van der Waals surface area contributed by atoms with Gasteiger partial charge in [-0.1, -0.05) is 50.6 Å². The summed E-state index contributed by atoms with van der Waals surface area (Å²) < 4.78 is 46.5. The SMILES string of the molecule is CCCCCCCCOc1ccc(NCN/C=C(\N)c2ccc(Cl)s2)cc1C(F)(F)F. The normalized spacial score (nSPS) is 12.1. The van der Waals surface area contributed by atoms with Crippen LogP contribution >= 0.6 is 22.9 Å². The molecule has 0 spiro atoms. The summed E-state index contributed by atoms with van der Waals surface area (Å²) in [6, 6.07) is 7.53. The summed E-state index contributed by atoms with van der Waals surface area (Å²) in [6.07, 6.45) is 3.37. The highest BCUT2D eigenvalue weighted by Crippen LogP contribution is 2.38. The van der Waals surface area contributed by atoms with Crippen molar-refractivity contribution in [3.05, 3.63) is 51.3 Å². The average Bonchev–Trinajstić information content (AvgIpc) is 3.16. The van der Waals surface area contributed by atoms with E-state index in [0.717, 1.165) is 43.0 Å². The fourth-order valence-corrected chi connectivity index (χ4v) is 3.88. The molecular formula is C22H29ClF3N3OS. The van der Waals surface area contributed by atoms with E-state index in [-0.39, 0.29) is 19.0 Å². The van der Waals surface area contributed by atoms with E-state index < -0.39 is 11.7 Å². The van der Waals surface area contributed by atoms with Crippen LogP contribution in [0.2, 0.25) is 4.34 Å². The van der Waals surface area contributed by atoms with Crippen LogP contribution in [0.5, 0.6) is 5.75 Å².